The lowest BCUT2D eigenvalue weighted by Gasteiger charge is -2.38. The molecule has 1 N–H and O–H groups in total. The summed E-state index contributed by atoms with van der Waals surface area (Å²) in [5.41, 5.74) is 0. The molecule has 0 saturated heterocycles. The summed E-state index contributed by atoms with van der Waals surface area (Å²) in [5, 5.41) is 3.33. The molecule has 1 unspecified atom stereocenters. The predicted molar refractivity (Wildman–Crippen MR) is 85.1 cm³/mol. The average Bonchev–Trinajstić information content (AvgIpc) is 3.09. The van der Waals surface area contributed by atoms with Crippen LogP contribution in [0, 0.1) is 35.5 Å². The number of carbonyl (C=O) groups excluding carboxylic acids is 2. The minimum atomic E-state index is 0.0917. The molecule has 3 nitrogen and oxygen atoms in total. The lowest BCUT2D eigenvalue weighted by Crippen LogP contribution is -2.47. The van der Waals surface area contributed by atoms with Gasteiger partial charge in [-0.05, 0) is 69.6 Å². The molecule has 4 aliphatic rings. The van der Waals surface area contributed by atoms with Crippen molar-refractivity contribution in [3.63, 3.8) is 0 Å². The van der Waals surface area contributed by atoms with E-state index in [1.165, 1.54) is 32.1 Å². The van der Waals surface area contributed by atoms with Crippen LogP contribution in [-0.4, -0.2) is 17.7 Å². The zero-order chi connectivity index (χ0) is 15.3. The lowest BCUT2D eigenvalue weighted by molar-refractivity contribution is -0.138. The van der Waals surface area contributed by atoms with Crippen LogP contribution in [0.1, 0.15) is 64.7 Å². The minimum Gasteiger partial charge on any atom is -0.353 e. The first-order chi connectivity index (χ1) is 10.6. The first kappa shape index (κ1) is 14.7. The summed E-state index contributed by atoms with van der Waals surface area (Å²) < 4.78 is 0. The highest BCUT2D eigenvalue weighted by molar-refractivity contribution is 5.88. The van der Waals surface area contributed by atoms with Crippen molar-refractivity contribution in [2.45, 2.75) is 70.8 Å². The van der Waals surface area contributed by atoms with Gasteiger partial charge in [0.05, 0.1) is 0 Å². The van der Waals surface area contributed by atoms with Crippen LogP contribution in [0.25, 0.3) is 0 Å². The van der Waals surface area contributed by atoms with Crippen LogP contribution in [-0.2, 0) is 9.59 Å². The van der Waals surface area contributed by atoms with Crippen LogP contribution >= 0.6 is 0 Å². The van der Waals surface area contributed by atoms with Gasteiger partial charge >= 0.3 is 0 Å². The average molecular weight is 303 g/mol. The molecule has 0 radical (unpaired) electrons. The van der Waals surface area contributed by atoms with E-state index >= 15 is 0 Å². The molecule has 4 bridgehead atoms. The van der Waals surface area contributed by atoms with E-state index in [2.05, 4.69) is 12.2 Å². The van der Waals surface area contributed by atoms with Gasteiger partial charge in [-0.25, -0.2) is 0 Å². The third-order valence-electron chi connectivity index (χ3n) is 7.22. The van der Waals surface area contributed by atoms with E-state index in [-0.39, 0.29) is 23.7 Å². The van der Waals surface area contributed by atoms with E-state index in [1.807, 2.05) is 0 Å². The molecule has 0 aromatic carbocycles. The molecule has 4 saturated carbocycles. The molecule has 1 amide bonds. The molecule has 0 heterocycles. The van der Waals surface area contributed by atoms with Crippen LogP contribution in [0.4, 0.5) is 0 Å². The molecule has 0 aliphatic heterocycles. The molecule has 0 spiro atoms. The first-order valence-electron chi connectivity index (χ1n) is 9.46. The molecular weight excluding hydrogens is 274 g/mol. The monoisotopic (exact) mass is 303 g/mol. The van der Waals surface area contributed by atoms with E-state index in [9.17, 15) is 9.59 Å². The maximum atomic E-state index is 12.7. The Labute approximate surface area is 133 Å². The molecule has 4 rings (SSSR count). The smallest absolute Gasteiger partial charge is 0.223 e. The molecule has 22 heavy (non-hydrogen) atoms. The maximum Gasteiger partial charge on any atom is 0.223 e. The third-order valence-corrected chi connectivity index (χ3v) is 7.22. The van der Waals surface area contributed by atoms with Crippen molar-refractivity contribution >= 4 is 11.7 Å². The van der Waals surface area contributed by atoms with Gasteiger partial charge in [0.1, 0.15) is 5.78 Å². The molecule has 4 fully saturated rings. The first-order valence-corrected chi connectivity index (χ1v) is 9.46. The lowest BCUT2D eigenvalue weighted by atomic mass is 9.67. The van der Waals surface area contributed by atoms with Crippen molar-refractivity contribution in [3.05, 3.63) is 0 Å². The third kappa shape index (κ3) is 2.51. The molecule has 0 aromatic heterocycles. The highest BCUT2D eigenvalue weighted by Crippen LogP contribution is 2.49. The summed E-state index contributed by atoms with van der Waals surface area (Å²) in [6.07, 6.45) is 10.3. The quantitative estimate of drug-likeness (QED) is 0.869. The fourth-order valence-electron chi connectivity index (χ4n) is 6.05. The Kier molecular flexibility index (Phi) is 3.78. The normalized spacial score (nSPS) is 44.9. The Morgan fingerprint density at radius 3 is 2.36 bits per heavy atom. The summed E-state index contributed by atoms with van der Waals surface area (Å²) in [5.74, 6) is 3.63. The van der Waals surface area contributed by atoms with Crippen molar-refractivity contribution in [2.24, 2.45) is 35.5 Å². The van der Waals surface area contributed by atoms with Crippen molar-refractivity contribution in [2.75, 3.05) is 0 Å². The minimum absolute atomic E-state index is 0.0917. The second kappa shape index (κ2) is 5.65. The van der Waals surface area contributed by atoms with Crippen LogP contribution in [0.3, 0.4) is 0 Å². The summed E-state index contributed by atoms with van der Waals surface area (Å²) in [4.78, 5) is 24.8. The predicted octanol–water partition coefficient (Wildman–Crippen LogP) is 3.32. The van der Waals surface area contributed by atoms with Crippen LogP contribution < -0.4 is 5.32 Å². The molecule has 0 aromatic rings. The zero-order valence-corrected chi connectivity index (χ0v) is 13.7. The molecule has 7 atom stereocenters. The number of nitrogens with one attached hydrogen (secondary N) is 1. The fraction of sp³-hybridized carbons (Fsp3) is 0.895. The Balaban J connectivity index is 1.35. The molecule has 3 heteroatoms. The van der Waals surface area contributed by atoms with Gasteiger partial charge in [-0.3, -0.25) is 9.59 Å². The van der Waals surface area contributed by atoms with E-state index < -0.39 is 0 Å². The number of amides is 1. The number of Topliss-reactive ketones (excluding diaryl/α,β-unsaturated/α-hetero) is 1. The number of hydrogen-bond acceptors (Lipinski definition) is 2. The summed E-state index contributed by atoms with van der Waals surface area (Å²) in [6, 6.07) is 0.320. The number of hydrogen-bond donors (Lipinski definition) is 1. The highest BCUT2D eigenvalue weighted by atomic mass is 16.2. The fourth-order valence-corrected chi connectivity index (χ4v) is 6.05. The summed E-state index contributed by atoms with van der Waals surface area (Å²) >= 11 is 0. The van der Waals surface area contributed by atoms with Crippen LogP contribution in [0.2, 0.25) is 0 Å². The number of ketones is 1. The zero-order valence-electron chi connectivity index (χ0n) is 13.7. The van der Waals surface area contributed by atoms with Gasteiger partial charge in [0.15, 0.2) is 0 Å². The molecule has 122 valence electrons. The topological polar surface area (TPSA) is 46.2 Å². The largest absolute Gasteiger partial charge is 0.353 e. The Morgan fingerprint density at radius 2 is 1.77 bits per heavy atom. The van der Waals surface area contributed by atoms with Crippen molar-refractivity contribution in [1.82, 2.24) is 5.32 Å². The standard InChI is InChI=1S/C19H29NO2/c1-11(17-8-12-5-6-13(17)7-12)20-19(22)16-9-14-3-2-4-15(10-16)18(14)21/h11-17H,2-10H2,1H3,(H,20,22)/t11-,12-,13-,14-,15+,16?,17+/m0/s1. The Hall–Kier alpha value is -0.860. The van der Waals surface area contributed by atoms with Crippen LogP contribution in [0.15, 0.2) is 0 Å². The summed E-state index contributed by atoms with van der Waals surface area (Å²) in [7, 11) is 0. The van der Waals surface area contributed by atoms with Crippen molar-refractivity contribution in [1.29, 1.82) is 0 Å². The van der Waals surface area contributed by atoms with E-state index in [0.29, 0.717) is 17.7 Å². The number of rotatable bonds is 3. The SMILES string of the molecule is C[C@H](NC(=O)C1C[C@H]2CCC[C@@H](C1)C2=O)[C@H]1C[C@H]2CC[C@H]1C2. The van der Waals surface area contributed by atoms with E-state index in [4.69, 9.17) is 0 Å². The molecular formula is C19H29NO2. The van der Waals surface area contributed by atoms with Gasteiger partial charge in [-0.15, -0.1) is 0 Å². The number of carbonyl (C=O) groups is 2. The van der Waals surface area contributed by atoms with Crippen LogP contribution in [0.5, 0.6) is 0 Å². The van der Waals surface area contributed by atoms with Gasteiger partial charge in [-0.2, -0.15) is 0 Å². The maximum absolute atomic E-state index is 12.7. The second-order valence-electron chi connectivity index (χ2n) is 8.53. The van der Waals surface area contributed by atoms with Gasteiger partial charge in [0.2, 0.25) is 5.91 Å². The Bertz CT molecular complexity index is 458. The highest BCUT2D eigenvalue weighted by Gasteiger charge is 2.44. The Morgan fingerprint density at radius 1 is 1.05 bits per heavy atom. The second-order valence-corrected chi connectivity index (χ2v) is 8.53. The van der Waals surface area contributed by atoms with Gasteiger partial charge in [-0.1, -0.05) is 12.8 Å². The summed E-state index contributed by atoms with van der Waals surface area (Å²) in [6.45, 7) is 2.21. The molecule has 4 aliphatic carbocycles. The van der Waals surface area contributed by atoms with E-state index in [1.54, 1.807) is 0 Å². The van der Waals surface area contributed by atoms with Gasteiger partial charge in [0, 0.05) is 23.8 Å². The van der Waals surface area contributed by atoms with Gasteiger partial charge in [0.25, 0.3) is 0 Å². The van der Waals surface area contributed by atoms with E-state index in [0.717, 1.165) is 37.5 Å². The van der Waals surface area contributed by atoms with Crippen molar-refractivity contribution < 1.29 is 9.59 Å². The number of fused-ring (bicyclic) bond motifs is 4. The van der Waals surface area contributed by atoms with Crippen molar-refractivity contribution in [3.8, 4) is 0 Å². The van der Waals surface area contributed by atoms with Gasteiger partial charge < -0.3 is 5.32 Å².